The molecule has 0 radical (unpaired) electrons. The summed E-state index contributed by atoms with van der Waals surface area (Å²) in [6, 6.07) is 0. The molecule has 0 aromatic carbocycles. The fourth-order valence-electron chi connectivity index (χ4n) is 7.77. The van der Waals surface area contributed by atoms with Crippen LogP contribution in [0, 0.1) is 0 Å². The first-order chi connectivity index (χ1) is 29.6. The number of carboxylic acids is 1. The summed E-state index contributed by atoms with van der Waals surface area (Å²) in [5.74, 6) is -2.26. The molecule has 362 valence electrons. The molecule has 0 N–H and O–H groups in total. The molecule has 0 saturated carbocycles. The van der Waals surface area contributed by atoms with Gasteiger partial charge in [0.15, 0.2) is 12.4 Å². The van der Waals surface area contributed by atoms with Crippen molar-refractivity contribution in [1.29, 1.82) is 0 Å². The minimum Gasteiger partial charge on any atom is -0.545 e. The van der Waals surface area contributed by atoms with E-state index in [1.165, 1.54) is 193 Å². The van der Waals surface area contributed by atoms with Crippen LogP contribution in [-0.2, 0) is 33.3 Å². The van der Waals surface area contributed by atoms with Crippen LogP contribution in [0.1, 0.15) is 258 Å². The van der Waals surface area contributed by atoms with Crippen LogP contribution in [0.4, 0.5) is 0 Å². The molecule has 0 aliphatic rings. The van der Waals surface area contributed by atoms with E-state index >= 15 is 0 Å². The summed E-state index contributed by atoms with van der Waals surface area (Å²) in [4.78, 5) is 37.1. The number of nitrogens with zero attached hydrogens (tertiary/aromatic N) is 1. The maximum atomic E-state index is 12.8. The van der Waals surface area contributed by atoms with Crippen molar-refractivity contribution < 1.29 is 42.9 Å². The number of carbonyl (C=O) groups is 3. The number of carboxylic acid groups (broad SMARTS) is 1. The molecular formula is C52H101NO8. The Kier molecular flexibility index (Phi) is 43.6. The monoisotopic (exact) mass is 868 g/mol. The molecule has 0 aliphatic carbocycles. The topological polar surface area (TPSA) is 111 Å². The van der Waals surface area contributed by atoms with E-state index in [2.05, 4.69) is 13.8 Å². The molecule has 0 aromatic heterocycles. The fourth-order valence-corrected chi connectivity index (χ4v) is 7.77. The van der Waals surface area contributed by atoms with Crippen molar-refractivity contribution in [3.63, 3.8) is 0 Å². The number of hydrogen-bond acceptors (Lipinski definition) is 8. The van der Waals surface area contributed by atoms with Gasteiger partial charge in [-0.3, -0.25) is 9.59 Å². The lowest BCUT2D eigenvalue weighted by atomic mass is 10.0. The Morgan fingerprint density at radius 1 is 0.426 bits per heavy atom. The number of ether oxygens (including phenoxy) is 4. The van der Waals surface area contributed by atoms with E-state index in [1.54, 1.807) is 0 Å². The third-order valence-electron chi connectivity index (χ3n) is 11.9. The lowest BCUT2D eigenvalue weighted by molar-refractivity contribution is -0.870. The van der Waals surface area contributed by atoms with Gasteiger partial charge >= 0.3 is 11.9 Å². The van der Waals surface area contributed by atoms with Gasteiger partial charge in [0.2, 0.25) is 0 Å². The molecule has 2 unspecified atom stereocenters. The molecule has 9 nitrogen and oxygen atoms in total. The van der Waals surface area contributed by atoms with E-state index in [4.69, 9.17) is 18.9 Å². The van der Waals surface area contributed by atoms with Gasteiger partial charge in [-0.1, -0.05) is 232 Å². The lowest BCUT2D eigenvalue weighted by Crippen LogP contribution is -2.44. The Balaban J connectivity index is 4.19. The Morgan fingerprint density at radius 2 is 0.738 bits per heavy atom. The first-order valence-corrected chi connectivity index (χ1v) is 26.2. The van der Waals surface area contributed by atoms with Crippen molar-refractivity contribution in [2.24, 2.45) is 0 Å². The van der Waals surface area contributed by atoms with E-state index in [0.717, 1.165) is 38.5 Å². The maximum Gasteiger partial charge on any atom is 0.306 e. The minimum atomic E-state index is -1.61. The summed E-state index contributed by atoms with van der Waals surface area (Å²) >= 11 is 0. The summed E-state index contributed by atoms with van der Waals surface area (Å²) in [7, 11) is 5.92. The van der Waals surface area contributed by atoms with E-state index in [-0.39, 0.29) is 32.2 Å². The summed E-state index contributed by atoms with van der Waals surface area (Å²) in [6.45, 7) is 4.79. The van der Waals surface area contributed by atoms with Gasteiger partial charge < -0.3 is 33.3 Å². The van der Waals surface area contributed by atoms with E-state index in [1.807, 2.05) is 21.1 Å². The zero-order valence-electron chi connectivity index (χ0n) is 41.1. The summed E-state index contributed by atoms with van der Waals surface area (Å²) in [5.41, 5.74) is 0. The van der Waals surface area contributed by atoms with Crippen molar-refractivity contribution in [1.82, 2.24) is 0 Å². The normalized spacial score (nSPS) is 12.7. The predicted molar refractivity (Wildman–Crippen MR) is 251 cm³/mol. The van der Waals surface area contributed by atoms with E-state index < -0.39 is 24.3 Å². The smallest absolute Gasteiger partial charge is 0.306 e. The molecule has 0 amide bonds. The summed E-state index contributed by atoms with van der Waals surface area (Å²) < 4.78 is 22.6. The van der Waals surface area contributed by atoms with Crippen LogP contribution in [0.5, 0.6) is 0 Å². The van der Waals surface area contributed by atoms with Gasteiger partial charge in [0, 0.05) is 12.8 Å². The molecule has 0 rings (SSSR count). The molecule has 61 heavy (non-hydrogen) atoms. The molecular weight excluding hydrogens is 767 g/mol. The highest BCUT2D eigenvalue weighted by molar-refractivity contribution is 5.70. The van der Waals surface area contributed by atoms with Crippen LogP contribution < -0.4 is 5.11 Å². The highest BCUT2D eigenvalue weighted by Gasteiger charge is 2.22. The zero-order chi connectivity index (χ0) is 44.9. The number of quaternary nitrogens is 1. The van der Waals surface area contributed by atoms with E-state index in [9.17, 15) is 19.5 Å². The van der Waals surface area contributed by atoms with Crippen LogP contribution in [-0.4, -0.2) is 82.3 Å². The van der Waals surface area contributed by atoms with E-state index in [0.29, 0.717) is 17.4 Å². The Hall–Kier alpha value is -1.71. The average Bonchev–Trinajstić information content (AvgIpc) is 3.22. The molecule has 0 saturated heterocycles. The first-order valence-electron chi connectivity index (χ1n) is 26.2. The van der Waals surface area contributed by atoms with Crippen LogP contribution in [0.2, 0.25) is 0 Å². The molecule has 0 bridgehead atoms. The third kappa shape index (κ3) is 46.1. The SMILES string of the molecule is CCCCCCCCCCCCCCCCCCCCCCCCCCC(=O)OC(COC(=O)CCCCCCCCCCCCCC)COC(OCC[N+](C)(C)C)C(=O)[O-]. The summed E-state index contributed by atoms with van der Waals surface area (Å²) in [5, 5.41) is 11.7. The third-order valence-corrected chi connectivity index (χ3v) is 11.9. The maximum absolute atomic E-state index is 12.8. The Morgan fingerprint density at radius 3 is 1.05 bits per heavy atom. The van der Waals surface area contributed by atoms with Crippen molar-refractivity contribution in [2.75, 3.05) is 47.5 Å². The average molecular weight is 868 g/mol. The number of unbranched alkanes of at least 4 members (excludes halogenated alkanes) is 34. The second-order valence-corrected chi connectivity index (χ2v) is 19.2. The largest absolute Gasteiger partial charge is 0.545 e. The van der Waals surface area contributed by atoms with Crippen molar-refractivity contribution in [3.05, 3.63) is 0 Å². The van der Waals surface area contributed by atoms with Gasteiger partial charge in [0.1, 0.15) is 13.2 Å². The number of esters is 2. The molecule has 0 spiro atoms. The van der Waals surface area contributed by atoms with Crippen LogP contribution >= 0.6 is 0 Å². The quantitative estimate of drug-likeness (QED) is 0.0257. The highest BCUT2D eigenvalue weighted by atomic mass is 16.7. The minimum absolute atomic E-state index is 0.153. The molecule has 0 aromatic rings. The number of hydrogen-bond donors (Lipinski definition) is 0. The Bertz CT molecular complexity index is 970. The number of rotatable bonds is 49. The van der Waals surface area contributed by atoms with Gasteiger partial charge in [-0.05, 0) is 12.8 Å². The molecule has 0 aliphatic heterocycles. The molecule has 0 fully saturated rings. The number of carbonyl (C=O) groups excluding carboxylic acids is 3. The second-order valence-electron chi connectivity index (χ2n) is 19.2. The van der Waals surface area contributed by atoms with Gasteiger partial charge in [0.05, 0.1) is 40.3 Å². The van der Waals surface area contributed by atoms with Crippen LogP contribution in [0.3, 0.4) is 0 Å². The van der Waals surface area contributed by atoms with Gasteiger partial charge in [0.25, 0.3) is 0 Å². The van der Waals surface area contributed by atoms with Gasteiger partial charge in [-0.15, -0.1) is 0 Å². The van der Waals surface area contributed by atoms with Crippen molar-refractivity contribution >= 4 is 17.9 Å². The number of aliphatic carboxylic acids is 1. The first kappa shape index (κ1) is 59.3. The van der Waals surface area contributed by atoms with Crippen LogP contribution in [0.15, 0.2) is 0 Å². The fraction of sp³-hybridized carbons (Fsp3) is 0.942. The standard InChI is InChI=1S/C52H101NO8/c1-6-8-10-12-14-16-18-20-21-22-23-24-25-26-27-28-29-30-31-33-35-37-39-41-43-50(55)61-48(47-60-52(51(56)57)58-45-44-53(3,4)5)46-59-49(54)42-40-38-36-34-32-19-17-15-13-11-9-7-2/h48,52H,6-47H2,1-5H3. The molecule has 2 atom stereocenters. The lowest BCUT2D eigenvalue weighted by Gasteiger charge is -2.26. The van der Waals surface area contributed by atoms with Crippen molar-refractivity contribution in [3.8, 4) is 0 Å². The highest BCUT2D eigenvalue weighted by Crippen LogP contribution is 2.17. The summed E-state index contributed by atoms with van der Waals surface area (Å²) in [6.07, 6.45) is 44.3. The number of likely N-dealkylation sites (N-methyl/N-ethyl adjacent to an activating group) is 1. The molecule has 9 heteroatoms. The van der Waals surface area contributed by atoms with Gasteiger partial charge in [-0.2, -0.15) is 0 Å². The van der Waals surface area contributed by atoms with Gasteiger partial charge in [-0.25, -0.2) is 0 Å². The van der Waals surface area contributed by atoms with Crippen LogP contribution in [0.25, 0.3) is 0 Å². The Labute approximate surface area is 377 Å². The van der Waals surface area contributed by atoms with Crippen molar-refractivity contribution in [2.45, 2.75) is 270 Å². The second kappa shape index (κ2) is 44.9. The molecule has 0 heterocycles. The predicted octanol–water partition coefficient (Wildman–Crippen LogP) is 13.1. The zero-order valence-corrected chi connectivity index (χ0v) is 41.1.